The van der Waals surface area contributed by atoms with Gasteiger partial charge in [0.2, 0.25) is 0 Å². The molecule has 0 saturated carbocycles. The van der Waals surface area contributed by atoms with Crippen molar-refractivity contribution in [2.45, 2.75) is 40.5 Å². The maximum atomic E-state index is 5.68. The Hall–Kier alpha value is -1.24. The summed E-state index contributed by atoms with van der Waals surface area (Å²) in [6, 6.07) is 8.44. The zero-order chi connectivity index (χ0) is 12.7. The van der Waals surface area contributed by atoms with Gasteiger partial charge in [0, 0.05) is 0 Å². The van der Waals surface area contributed by atoms with E-state index in [0.717, 1.165) is 25.2 Å². The van der Waals surface area contributed by atoms with Gasteiger partial charge in [-0.15, -0.1) is 0 Å². The van der Waals surface area contributed by atoms with E-state index in [-0.39, 0.29) is 0 Å². The van der Waals surface area contributed by atoms with Crippen LogP contribution in [0.25, 0.3) is 5.57 Å². The van der Waals surface area contributed by atoms with E-state index in [1.807, 2.05) is 0 Å². The minimum absolute atomic E-state index is 0.570. The van der Waals surface area contributed by atoms with Gasteiger partial charge in [-0.3, -0.25) is 0 Å². The Balaban J connectivity index is 2.70. The van der Waals surface area contributed by atoms with Crippen LogP contribution in [0.2, 0.25) is 0 Å². The summed E-state index contributed by atoms with van der Waals surface area (Å²) in [6.07, 6.45) is 4.47. The third-order valence-electron chi connectivity index (χ3n) is 2.64. The number of ether oxygens (including phenoxy) is 1. The van der Waals surface area contributed by atoms with Crippen LogP contribution >= 0.6 is 0 Å². The lowest BCUT2D eigenvalue weighted by atomic mass is 10.0. The van der Waals surface area contributed by atoms with Crippen molar-refractivity contribution in [1.29, 1.82) is 0 Å². The first-order chi connectivity index (χ1) is 8.17. The second kappa shape index (κ2) is 7.16. The Morgan fingerprint density at radius 3 is 2.29 bits per heavy atom. The van der Waals surface area contributed by atoms with Crippen LogP contribution in [-0.2, 0) is 0 Å². The first-order valence-corrected chi connectivity index (χ1v) is 6.59. The van der Waals surface area contributed by atoms with E-state index in [2.05, 4.69) is 58.0 Å². The van der Waals surface area contributed by atoms with Gasteiger partial charge >= 0.3 is 0 Å². The molecule has 0 bridgehead atoms. The molecule has 17 heavy (non-hydrogen) atoms. The van der Waals surface area contributed by atoms with Gasteiger partial charge in [0.25, 0.3) is 0 Å². The first kappa shape index (κ1) is 13.8. The Morgan fingerprint density at radius 1 is 1.18 bits per heavy atom. The molecule has 0 spiro atoms. The molecule has 0 amide bonds. The number of benzene rings is 1. The molecule has 1 aromatic rings. The van der Waals surface area contributed by atoms with E-state index < -0.39 is 0 Å². The number of hydrogen-bond acceptors (Lipinski definition) is 1. The average molecular weight is 232 g/mol. The van der Waals surface area contributed by atoms with E-state index in [1.165, 1.54) is 11.1 Å². The molecule has 0 unspecified atom stereocenters. The molecule has 0 radical (unpaired) electrons. The highest BCUT2D eigenvalue weighted by molar-refractivity contribution is 5.65. The standard InChI is InChI=1S/C16H24O/c1-5-7-14(6-2)15-8-10-16(11-9-15)17-12-13(3)4/h7-11,13H,5-6,12H2,1-4H3. The van der Waals surface area contributed by atoms with Gasteiger partial charge in [-0.25, -0.2) is 0 Å². The zero-order valence-corrected chi connectivity index (χ0v) is 11.5. The molecule has 0 aromatic heterocycles. The SMILES string of the molecule is CCC=C(CC)c1ccc(OCC(C)C)cc1. The molecule has 0 saturated heterocycles. The number of rotatable bonds is 6. The van der Waals surface area contributed by atoms with Gasteiger partial charge in [0.05, 0.1) is 6.61 Å². The number of hydrogen-bond donors (Lipinski definition) is 0. The summed E-state index contributed by atoms with van der Waals surface area (Å²) in [5.74, 6) is 1.54. The van der Waals surface area contributed by atoms with E-state index in [9.17, 15) is 0 Å². The summed E-state index contributed by atoms with van der Waals surface area (Å²) in [7, 11) is 0. The van der Waals surface area contributed by atoms with Crippen LogP contribution in [0.3, 0.4) is 0 Å². The monoisotopic (exact) mass is 232 g/mol. The molecule has 0 aliphatic heterocycles. The lowest BCUT2D eigenvalue weighted by molar-refractivity contribution is 0.271. The fraction of sp³-hybridized carbons (Fsp3) is 0.500. The Morgan fingerprint density at radius 2 is 1.82 bits per heavy atom. The summed E-state index contributed by atoms with van der Waals surface area (Å²) in [6.45, 7) is 9.48. The molecule has 0 atom stereocenters. The molecule has 1 aromatic carbocycles. The zero-order valence-electron chi connectivity index (χ0n) is 11.5. The van der Waals surface area contributed by atoms with Crippen molar-refractivity contribution in [1.82, 2.24) is 0 Å². The molecular formula is C16H24O. The van der Waals surface area contributed by atoms with Gasteiger partial charge in [0.1, 0.15) is 5.75 Å². The predicted octanol–water partition coefficient (Wildman–Crippen LogP) is 4.92. The highest BCUT2D eigenvalue weighted by Crippen LogP contribution is 2.21. The summed E-state index contributed by atoms with van der Waals surface area (Å²) in [4.78, 5) is 0. The summed E-state index contributed by atoms with van der Waals surface area (Å²) in [5.41, 5.74) is 2.73. The third-order valence-corrected chi connectivity index (χ3v) is 2.64. The van der Waals surface area contributed by atoms with Gasteiger partial charge in [-0.05, 0) is 42.0 Å². The maximum Gasteiger partial charge on any atom is 0.119 e. The molecule has 94 valence electrons. The fourth-order valence-corrected chi connectivity index (χ4v) is 1.74. The molecule has 1 rings (SSSR count). The van der Waals surface area contributed by atoms with Crippen molar-refractivity contribution < 1.29 is 4.74 Å². The summed E-state index contributed by atoms with van der Waals surface area (Å²) < 4.78 is 5.68. The van der Waals surface area contributed by atoms with Gasteiger partial charge in [0.15, 0.2) is 0 Å². The smallest absolute Gasteiger partial charge is 0.119 e. The highest BCUT2D eigenvalue weighted by atomic mass is 16.5. The maximum absolute atomic E-state index is 5.68. The Kier molecular flexibility index (Phi) is 5.82. The van der Waals surface area contributed by atoms with Gasteiger partial charge in [-0.1, -0.05) is 45.9 Å². The van der Waals surface area contributed by atoms with Crippen molar-refractivity contribution in [3.05, 3.63) is 35.9 Å². The lowest BCUT2D eigenvalue weighted by Gasteiger charge is -2.10. The summed E-state index contributed by atoms with van der Waals surface area (Å²) in [5, 5.41) is 0. The van der Waals surface area contributed by atoms with E-state index in [4.69, 9.17) is 4.74 Å². The average Bonchev–Trinajstić information content (AvgIpc) is 2.34. The van der Waals surface area contributed by atoms with E-state index >= 15 is 0 Å². The van der Waals surface area contributed by atoms with E-state index in [0.29, 0.717) is 5.92 Å². The summed E-state index contributed by atoms with van der Waals surface area (Å²) >= 11 is 0. The van der Waals surface area contributed by atoms with Crippen molar-refractivity contribution in [2.24, 2.45) is 5.92 Å². The van der Waals surface area contributed by atoms with Crippen LogP contribution < -0.4 is 4.74 Å². The molecule has 0 fully saturated rings. The molecule has 1 heteroatoms. The largest absolute Gasteiger partial charge is 0.493 e. The lowest BCUT2D eigenvalue weighted by Crippen LogP contribution is -2.04. The highest BCUT2D eigenvalue weighted by Gasteiger charge is 2.00. The fourth-order valence-electron chi connectivity index (χ4n) is 1.74. The Bertz CT molecular complexity index is 346. The normalized spacial score (nSPS) is 11.9. The van der Waals surface area contributed by atoms with Crippen molar-refractivity contribution in [3.8, 4) is 5.75 Å². The Labute approximate surface area is 106 Å². The van der Waals surface area contributed by atoms with Crippen LogP contribution in [0.1, 0.15) is 46.1 Å². The minimum Gasteiger partial charge on any atom is -0.493 e. The first-order valence-electron chi connectivity index (χ1n) is 6.59. The van der Waals surface area contributed by atoms with Crippen molar-refractivity contribution >= 4 is 5.57 Å². The van der Waals surface area contributed by atoms with Gasteiger partial charge in [-0.2, -0.15) is 0 Å². The second-order valence-corrected chi connectivity index (χ2v) is 4.72. The van der Waals surface area contributed by atoms with Crippen LogP contribution in [0.4, 0.5) is 0 Å². The molecule has 0 N–H and O–H groups in total. The number of allylic oxidation sites excluding steroid dienone is 2. The van der Waals surface area contributed by atoms with Crippen LogP contribution in [0.15, 0.2) is 30.3 Å². The quantitative estimate of drug-likeness (QED) is 0.676. The minimum atomic E-state index is 0.570. The topological polar surface area (TPSA) is 9.23 Å². The second-order valence-electron chi connectivity index (χ2n) is 4.72. The van der Waals surface area contributed by atoms with Crippen LogP contribution in [0.5, 0.6) is 5.75 Å². The molecule has 0 aliphatic rings. The van der Waals surface area contributed by atoms with Crippen LogP contribution in [0, 0.1) is 5.92 Å². The van der Waals surface area contributed by atoms with Crippen molar-refractivity contribution in [3.63, 3.8) is 0 Å². The van der Waals surface area contributed by atoms with E-state index in [1.54, 1.807) is 0 Å². The van der Waals surface area contributed by atoms with Gasteiger partial charge < -0.3 is 4.74 Å². The third kappa shape index (κ3) is 4.64. The van der Waals surface area contributed by atoms with Crippen molar-refractivity contribution in [2.75, 3.05) is 6.61 Å². The molecule has 0 aliphatic carbocycles. The predicted molar refractivity (Wildman–Crippen MR) is 75.3 cm³/mol. The molecular weight excluding hydrogens is 208 g/mol. The van der Waals surface area contributed by atoms with Crippen LogP contribution in [-0.4, -0.2) is 6.61 Å². The molecule has 0 heterocycles. The molecule has 1 nitrogen and oxygen atoms in total.